The molecule has 6 heteroatoms. The van der Waals surface area contributed by atoms with Crippen LogP contribution in [0.5, 0.6) is 0 Å². The van der Waals surface area contributed by atoms with Gasteiger partial charge in [0.15, 0.2) is 0 Å². The number of nitrogens with zero attached hydrogens (tertiary/aromatic N) is 1. The summed E-state index contributed by atoms with van der Waals surface area (Å²) in [6, 6.07) is 5.52. The molecule has 2 rings (SSSR count). The van der Waals surface area contributed by atoms with Crippen molar-refractivity contribution in [2.24, 2.45) is 0 Å². The van der Waals surface area contributed by atoms with Gasteiger partial charge in [-0.1, -0.05) is 11.6 Å². The van der Waals surface area contributed by atoms with Gasteiger partial charge >= 0.3 is 0 Å². The molecule has 0 aliphatic carbocycles. The second-order valence-corrected chi connectivity index (χ2v) is 5.08. The van der Waals surface area contributed by atoms with Crippen molar-refractivity contribution in [3.63, 3.8) is 0 Å². The van der Waals surface area contributed by atoms with Crippen molar-refractivity contribution in [2.75, 3.05) is 5.32 Å². The van der Waals surface area contributed by atoms with E-state index < -0.39 is 5.82 Å². The van der Waals surface area contributed by atoms with E-state index >= 15 is 0 Å². The molecule has 0 atom stereocenters. The minimum atomic E-state index is -0.620. The molecule has 0 bridgehead atoms. The van der Waals surface area contributed by atoms with Crippen LogP contribution in [-0.2, 0) is 0 Å². The molecule has 0 aliphatic heterocycles. The van der Waals surface area contributed by atoms with Crippen molar-refractivity contribution in [1.82, 2.24) is 0 Å². The van der Waals surface area contributed by atoms with Crippen LogP contribution in [0.4, 0.5) is 10.1 Å². The second-order valence-electron chi connectivity index (χ2n) is 3.82. The summed E-state index contributed by atoms with van der Waals surface area (Å²) in [4.78, 5) is 12.4. The van der Waals surface area contributed by atoms with Crippen molar-refractivity contribution >= 4 is 34.5 Å². The molecule has 0 radical (unpaired) electrons. The number of anilines is 1. The largest absolute Gasteiger partial charge is 0.321 e. The highest BCUT2D eigenvalue weighted by molar-refractivity contribution is 7.13. The SMILES string of the molecule is Cc1csc(C(=O)Nc2ccc(F)c(C#N)c2)c1Cl. The highest BCUT2D eigenvalue weighted by atomic mass is 35.5. The van der Waals surface area contributed by atoms with E-state index in [1.165, 1.54) is 23.5 Å². The van der Waals surface area contributed by atoms with Crippen LogP contribution in [0.1, 0.15) is 20.8 Å². The van der Waals surface area contributed by atoms with Gasteiger partial charge in [-0.05, 0) is 36.1 Å². The first kappa shape index (κ1) is 13.5. The molecule has 0 saturated carbocycles. The van der Waals surface area contributed by atoms with Crippen LogP contribution in [0.25, 0.3) is 0 Å². The Hall–Kier alpha value is -1.90. The van der Waals surface area contributed by atoms with E-state index in [-0.39, 0.29) is 11.5 Å². The average Bonchev–Trinajstić information content (AvgIpc) is 2.72. The van der Waals surface area contributed by atoms with E-state index in [9.17, 15) is 9.18 Å². The van der Waals surface area contributed by atoms with Crippen LogP contribution in [0, 0.1) is 24.1 Å². The number of hydrogen-bond acceptors (Lipinski definition) is 3. The predicted octanol–water partition coefficient (Wildman–Crippen LogP) is 3.97. The van der Waals surface area contributed by atoms with Crippen molar-refractivity contribution in [1.29, 1.82) is 5.26 Å². The molecule has 0 unspecified atom stereocenters. The summed E-state index contributed by atoms with van der Waals surface area (Å²) in [7, 11) is 0. The van der Waals surface area contributed by atoms with Crippen LogP contribution in [0.15, 0.2) is 23.6 Å². The van der Waals surface area contributed by atoms with Gasteiger partial charge in [0.25, 0.3) is 5.91 Å². The number of aryl methyl sites for hydroxylation is 1. The van der Waals surface area contributed by atoms with Gasteiger partial charge in [0, 0.05) is 5.69 Å². The first-order chi connectivity index (χ1) is 9.02. The summed E-state index contributed by atoms with van der Waals surface area (Å²) >= 11 is 7.22. The maximum Gasteiger partial charge on any atom is 0.267 e. The zero-order valence-electron chi connectivity index (χ0n) is 9.83. The molecule has 19 heavy (non-hydrogen) atoms. The number of halogens is 2. The number of rotatable bonds is 2. The summed E-state index contributed by atoms with van der Waals surface area (Å²) < 4.78 is 13.1. The molecular formula is C13H8ClFN2OS. The van der Waals surface area contributed by atoms with Crippen LogP contribution >= 0.6 is 22.9 Å². The van der Waals surface area contributed by atoms with Crippen molar-refractivity contribution in [3.05, 3.63) is 50.4 Å². The maximum atomic E-state index is 13.1. The van der Waals surface area contributed by atoms with Gasteiger partial charge in [-0.2, -0.15) is 5.26 Å². The van der Waals surface area contributed by atoms with E-state index in [0.29, 0.717) is 15.6 Å². The molecule has 0 saturated heterocycles. The summed E-state index contributed by atoms with van der Waals surface area (Å²) in [6.45, 7) is 1.81. The molecule has 0 spiro atoms. The topological polar surface area (TPSA) is 52.9 Å². The maximum absolute atomic E-state index is 13.1. The van der Waals surface area contributed by atoms with Gasteiger partial charge in [-0.3, -0.25) is 4.79 Å². The Balaban J connectivity index is 2.25. The predicted molar refractivity (Wildman–Crippen MR) is 73.1 cm³/mol. The fourth-order valence-electron chi connectivity index (χ4n) is 1.46. The Labute approximate surface area is 118 Å². The molecule has 96 valence electrons. The first-order valence-corrected chi connectivity index (χ1v) is 6.53. The summed E-state index contributed by atoms with van der Waals surface area (Å²) in [5, 5.41) is 13.5. The molecule has 1 aromatic heterocycles. The molecule has 2 aromatic rings. The van der Waals surface area contributed by atoms with Crippen LogP contribution in [0.2, 0.25) is 5.02 Å². The monoisotopic (exact) mass is 294 g/mol. The number of hydrogen-bond donors (Lipinski definition) is 1. The van der Waals surface area contributed by atoms with E-state index in [1.807, 2.05) is 0 Å². The number of nitriles is 1. The zero-order chi connectivity index (χ0) is 14.0. The van der Waals surface area contributed by atoms with Crippen LogP contribution in [-0.4, -0.2) is 5.91 Å². The van der Waals surface area contributed by atoms with Gasteiger partial charge in [0.05, 0.1) is 10.6 Å². The summed E-state index contributed by atoms with van der Waals surface area (Å²) in [6.07, 6.45) is 0. The average molecular weight is 295 g/mol. The molecule has 1 N–H and O–H groups in total. The number of carbonyl (C=O) groups excluding carboxylic acids is 1. The quantitative estimate of drug-likeness (QED) is 0.911. The van der Waals surface area contributed by atoms with Gasteiger partial charge < -0.3 is 5.32 Å². The third-order valence-corrected chi connectivity index (χ3v) is 4.15. The Bertz CT molecular complexity index is 690. The van der Waals surface area contributed by atoms with Crippen molar-refractivity contribution in [3.8, 4) is 6.07 Å². The molecule has 1 aromatic carbocycles. The lowest BCUT2D eigenvalue weighted by Gasteiger charge is -2.05. The van der Waals surface area contributed by atoms with Crippen molar-refractivity contribution < 1.29 is 9.18 Å². The fraction of sp³-hybridized carbons (Fsp3) is 0.0769. The molecule has 0 fully saturated rings. The molecule has 1 amide bonds. The minimum Gasteiger partial charge on any atom is -0.321 e. The molecule has 3 nitrogen and oxygen atoms in total. The molecular weight excluding hydrogens is 287 g/mol. The Morgan fingerprint density at radius 1 is 1.53 bits per heavy atom. The highest BCUT2D eigenvalue weighted by Gasteiger charge is 2.15. The lowest BCUT2D eigenvalue weighted by atomic mass is 10.2. The number of carbonyl (C=O) groups is 1. The lowest BCUT2D eigenvalue weighted by molar-refractivity contribution is 0.103. The van der Waals surface area contributed by atoms with Gasteiger partial charge in [0.2, 0.25) is 0 Å². The highest BCUT2D eigenvalue weighted by Crippen LogP contribution is 2.28. The number of thiophene rings is 1. The number of nitrogens with one attached hydrogen (secondary N) is 1. The Kier molecular flexibility index (Phi) is 3.84. The first-order valence-electron chi connectivity index (χ1n) is 5.27. The van der Waals surface area contributed by atoms with E-state index in [4.69, 9.17) is 16.9 Å². The van der Waals surface area contributed by atoms with Crippen LogP contribution in [0.3, 0.4) is 0 Å². The molecule has 0 aliphatic rings. The van der Waals surface area contributed by atoms with E-state index in [2.05, 4.69) is 5.32 Å². The second kappa shape index (κ2) is 5.39. The Morgan fingerprint density at radius 3 is 2.84 bits per heavy atom. The Morgan fingerprint density at radius 2 is 2.26 bits per heavy atom. The fourth-order valence-corrected chi connectivity index (χ4v) is 2.63. The minimum absolute atomic E-state index is 0.119. The lowest BCUT2D eigenvalue weighted by Crippen LogP contribution is -2.11. The van der Waals surface area contributed by atoms with Gasteiger partial charge in [0.1, 0.15) is 16.8 Å². The van der Waals surface area contributed by atoms with Gasteiger partial charge in [-0.25, -0.2) is 4.39 Å². The smallest absolute Gasteiger partial charge is 0.267 e. The van der Waals surface area contributed by atoms with Gasteiger partial charge in [-0.15, -0.1) is 11.3 Å². The summed E-state index contributed by atoms with van der Waals surface area (Å²) in [5.41, 5.74) is 1.06. The molecule has 1 heterocycles. The summed E-state index contributed by atoms with van der Waals surface area (Å²) in [5.74, 6) is -0.996. The van der Waals surface area contributed by atoms with E-state index in [1.54, 1.807) is 18.4 Å². The normalized spacial score (nSPS) is 10.0. The third kappa shape index (κ3) is 2.75. The van der Waals surface area contributed by atoms with Crippen molar-refractivity contribution in [2.45, 2.75) is 6.92 Å². The number of benzene rings is 1. The van der Waals surface area contributed by atoms with E-state index in [0.717, 1.165) is 11.6 Å². The van der Waals surface area contributed by atoms with Crippen LogP contribution < -0.4 is 5.32 Å². The third-order valence-electron chi connectivity index (χ3n) is 2.45. The zero-order valence-corrected chi connectivity index (χ0v) is 11.4. The standard InChI is InChI=1S/C13H8ClFN2OS/c1-7-6-19-12(11(7)14)13(18)17-9-2-3-10(15)8(4-9)5-16/h2-4,6H,1H3,(H,17,18). The number of amides is 1.